The van der Waals surface area contributed by atoms with Crippen LogP contribution in [0.4, 0.5) is 0 Å². The van der Waals surface area contributed by atoms with Crippen LogP contribution in [0.25, 0.3) is 0 Å². The molecular weight excluding hydrogens is 284 g/mol. The number of hydrazine groups is 1. The molecule has 1 aromatic heterocycles. The molecular formula is C15H18N4O3. The lowest BCUT2D eigenvalue weighted by molar-refractivity contribution is -0.123. The lowest BCUT2D eigenvalue weighted by atomic mass is 10.1. The van der Waals surface area contributed by atoms with E-state index in [9.17, 15) is 9.59 Å². The first-order valence-corrected chi connectivity index (χ1v) is 6.77. The fourth-order valence-corrected chi connectivity index (χ4v) is 1.93. The highest BCUT2D eigenvalue weighted by molar-refractivity contribution is 5.93. The van der Waals surface area contributed by atoms with Gasteiger partial charge in [-0.2, -0.15) is 5.10 Å². The number of nitrogens with zero attached hydrogens (tertiary/aromatic N) is 1. The number of rotatable bonds is 4. The minimum atomic E-state index is -0.496. The van der Waals surface area contributed by atoms with Crippen LogP contribution in [0.3, 0.4) is 0 Å². The second-order valence-electron chi connectivity index (χ2n) is 4.95. The van der Waals surface area contributed by atoms with E-state index in [1.54, 1.807) is 13.0 Å². The van der Waals surface area contributed by atoms with Crippen molar-refractivity contribution < 1.29 is 14.3 Å². The molecule has 1 aromatic carbocycles. The predicted octanol–water partition coefficient (Wildman–Crippen LogP) is 1.17. The van der Waals surface area contributed by atoms with E-state index >= 15 is 0 Å². The zero-order chi connectivity index (χ0) is 16.1. The van der Waals surface area contributed by atoms with E-state index in [1.165, 1.54) is 0 Å². The number of hydrogen-bond acceptors (Lipinski definition) is 4. The van der Waals surface area contributed by atoms with Crippen molar-refractivity contribution in [2.75, 3.05) is 6.61 Å². The standard InChI is InChI=1S/C15H18N4O3/c1-9-5-4-6-10(2)14(9)22-8-13(20)18-19-15(21)12-7-11(3)16-17-12/h4-7H,8H2,1-3H3,(H,16,17)(H,18,20)(H,19,21). The molecule has 7 nitrogen and oxygen atoms in total. The molecule has 0 fully saturated rings. The van der Waals surface area contributed by atoms with E-state index in [0.29, 0.717) is 5.75 Å². The maximum absolute atomic E-state index is 11.7. The van der Waals surface area contributed by atoms with Crippen molar-refractivity contribution >= 4 is 11.8 Å². The predicted molar refractivity (Wildman–Crippen MR) is 80.3 cm³/mol. The van der Waals surface area contributed by atoms with E-state index in [4.69, 9.17) is 4.74 Å². The highest BCUT2D eigenvalue weighted by atomic mass is 16.5. The van der Waals surface area contributed by atoms with Crippen LogP contribution in [0, 0.1) is 20.8 Å². The maximum Gasteiger partial charge on any atom is 0.290 e. The Morgan fingerprint density at radius 1 is 1.18 bits per heavy atom. The van der Waals surface area contributed by atoms with Gasteiger partial charge in [0.2, 0.25) is 0 Å². The number of carbonyl (C=O) groups excluding carboxylic acids is 2. The normalized spacial score (nSPS) is 10.1. The minimum absolute atomic E-state index is 0.189. The lowest BCUT2D eigenvalue weighted by Gasteiger charge is -2.12. The van der Waals surface area contributed by atoms with Crippen molar-refractivity contribution in [3.63, 3.8) is 0 Å². The SMILES string of the molecule is Cc1cc(C(=O)NNC(=O)COc2c(C)cccc2C)n[nH]1. The third-order valence-electron chi connectivity index (χ3n) is 3.01. The molecule has 22 heavy (non-hydrogen) atoms. The van der Waals surface area contributed by atoms with Crippen LogP contribution in [0.15, 0.2) is 24.3 Å². The van der Waals surface area contributed by atoms with Gasteiger partial charge < -0.3 is 4.74 Å². The van der Waals surface area contributed by atoms with Gasteiger partial charge in [0.1, 0.15) is 5.75 Å². The van der Waals surface area contributed by atoms with Crippen LogP contribution in [0.5, 0.6) is 5.75 Å². The average Bonchev–Trinajstić information content (AvgIpc) is 2.91. The van der Waals surface area contributed by atoms with Crippen LogP contribution < -0.4 is 15.6 Å². The Bertz CT molecular complexity index is 674. The van der Waals surface area contributed by atoms with Crippen LogP contribution in [-0.2, 0) is 4.79 Å². The third kappa shape index (κ3) is 3.85. The molecule has 1 heterocycles. The van der Waals surface area contributed by atoms with Crippen molar-refractivity contribution in [3.8, 4) is 5.75 Å². The Kier molecular flexibility index (Phi) is 4.77. The number of para-hydroxylation sites is 1. The van der Waals surface area contributed by atoms with Gasteiger partial charge in [0, 0.05) is 5.69 Å². The van der Waals surface area contributed by atoms with Crippen LogP contribution in [0.1, 0.15) is 27.3 Å². The summed E-state index contributed by atoms with van der Waals surface area (Å²) in [5, 5.41) is 6.44. The average molecular weight is 302 g/mol. The van der Waals surface area contributed by atoms with Gasteiger partial charge in [0.05, 0.1) is 0 Å². The zero-order valence-corrected chi connectivity index (χ0v) is 12.7. The summed E-state index contributed by atoms with van der Waals surface area (Å²) in [5.41, 5.74) is 7.42. The van der Waals surface area contributed by atoms with E-state index in [0.717, 1.165) is 16.8 Å². The topological polar surface area (TPSA) is 96.1 Å². The van der Waals surface area contributed by atoms with Crippen molar-refractivity contribution in [3.05, 3.63) is 46.8 Å². The number of hydrogen-bond donors (Lipinski definition) is 3. The summed E-state index contributed by atoms with van der Waals surface area (Å²) >= 11 is 0. The Morgan fingerprint density at radius 2 is 1.86 bits per heavy atom. The molecule has 0 unspecified atom stereocenters. The number of ether oxygens (including phenoxy) is 1. The summed E-state index contributed by atoms with van der Waals surface area (Å²) in [5.74, 6) is -0.278. The number of amides is 2. The van der Waals surface area contributed by atoms with E-state index in [-0.39, 0.29) is 12.3 Å². The minimum Gasteiger partial charge on any atom is -0.483 e. The molecule has 0 aliphatic carbocycles. The van der Waals surface area contributed by atoms with Crippen molar-refractivity contribution in [1.82, 2.24) is 21.0 Å². The van der Waals surface area contributed by atoms with Crippen molar-refractivity contribution in [1.29, 1.82) is 0 Å². The van der Waals surface area contributed by atoms with Gasteiger partial charge in [0.15, 0.2) is 12.3 Å². The number of H-pyrrole nitrogens is 1. The fraction of sp³-hybridized carbons (Fsp3) is 0.267. The molecule has 0 atom stereocenters. The van der Waals surface area contributed by atoms with E-state index < -0.39 is 11.8 Å². The Morgan fingerprint density at radius 3 is 2.45 bits per heavy atom. The highest BCUT2D eigenvalue weighted by Gasteiger charge is 2.11. The second kappa shape index (κ2) is 6.75. The van der Waals surface area contributed by atoms with Gasteiger partial charge in [-0.3, -0.25) is 25.5 Å². The molecule has 0 spiro atoms. The molecule has 116 valence electrons. The highest BCUT2D eigenvalue weighted by Crippen LogP contribution is 2.21. The molecule has 0 saturated carbocycles. The van der Waals surface area contributed by atoms with E-state index in [2.05, 4.69) is 21.0 Å². The Hall–Kier alpha value is -2.83. The first-order chi connectivity index (χ1) is 10.5. The molecule has 2 amide bonds. The van der Waals surface area contributed by atoms with Gasteiger partial charge in [-0.15, -0.1) is 0 Å². The fourth-order valence-electron chi connectivity index (χ4n) is 1.93. The monoisotopic (exact) mass is 302 g/mol. The first-order valence-electron chi connectivity index (χ1n) is 6.77. The van der Waals surface area contributed by atoms with Gasteiger partial charge >= 0.3 is 0 Å². The largest absolute Gasteiger partial charge is 0.483 e. The summed E-state index contributed by atoms with van der Waals surface area (Å²) in [6, 6.07) is 7.31. The number of aromatic amines is 1. The van der Waals surface area contributed by atoms with E-state index in [1.807, 2.05) is 32.0 Å². The molecule has 0 aliphatic heterocycles. The lowest BCUT2D eigenvalue weighted by Crippen LogP contribution is -2.44. The zero-order valence-electron chi connectivity index (χ0n) is 12.7. The van der Waals surface area contributed by atoms with Crippen LogP contribution >= 0.6 is 0 Å². The number of benzene rings is 1. The smallest absolute Gasteiger partial charge is 0.290 e. The van der Waals surface area contributed by atoms with Crippen molar-refractivity contribution in [2.45, 2.75) is 20.8 Å². The van der Waals surface area contributed by atoms with Gasteiger partial charge in [-0.1, -0.05) is 18.2 Å². The number of aryl methyl sites for hydroxylation is 3. The molecule has 7 heteroatoms. The summed E-state index contributed by atoms with van der Waals surface area (Å²) in [6.45, 7) is 5.40. The molecule has 2 aromatic rings. The maximum atomic E-state index is 11.7. The summed E-state index contributed by atoms with van der Waals surface area (Å²) < 4.78 is 5.49. The molecule has 0 aliphatic rings. The van der Waals surface area contributed by atoms with Gasteiger partial charge in [-0.25, -0.2) is 0 Å². The second-order valence-corrected chi connectivity index (χ2v) is 4.95. The first kappa shape index (κ1) is 15.6. The number of aromatic nitrogens is 2. The number of nitrogens with one attached hydrogen (secondary N) is 3. The summed E-state index contributed by atoms with van der Waals surface area (Å²) in [7, 11) is 0. The Labute approximate surface area is 128 Å². The third-order valence-corrected chi connectivity index (χ3v) is 3.01. The molecule has 2 rings (SSSR count). The van der Waals surface area contributed by atoms with Crippen LogP contribution in [-0.4, -0.2) is 28.6 Å². The molecule has 3 N–H and O–H groups in total. The number of carbonyl (C=O) groups is 2. The van der Waals surface area contributed by atoms with Crippen LogP contribution in [0.2, 0.25) is 0 Å². The molecule has 0 saturated heterocycles. The molecule has 0 bridgehead atoms. The van der Waals surface area contributed by atoms with Gasteiger partial charge in [-0.05, 0) is 38.0 Å². The quantitative estimate of drug-likeness (QED) is 0.739. The van der Waals surface area contributed by atoms with Gasteiger partial charge in [0.25, 0.3) is 11.8 Å². The summed E-state index contributed by atoms with van der Waals surface area (Å²) in [4.78, 5) is 23.4. The molecule has 0 radical (unpaired) electrons. The summed E-state index contributed by atoms with van der Waals surface area (Å²) in [6.07, 6.45) is 0. The Balaban J connectivity index is 1.82. The van der Waals surface area contributed by atoms with Crippen molar-refractivity contribution in [2.24, 2.45) is 0 Å².